The van der Waals surface area contributed by atoms with Gasteiger partial charge in [-0.3, -0.25) is 14.4 Å². The molecular weight excluding hydrogens is 498 g/mol. The van der Waals surface area contributed by atoms with E-state index in [-0.39, 0.29) is 43.3 Å². The molecule has 0 radical (unpaired) electrons. The number of hydrogen-bond donors (Lipinski definition) is 2. The van der Waals surface area contributed by atoms with Crippen LogP contribution in [0.2, 0.25) is 0 Å². The number of alkyl carbamates (subject to hydrolysis) is 1. The molecule has 3 amide bonds. The summed E-state index contributed by atoms with van der Waals surface area (Å²) in [7, 11) is 0. The maximum Gasteiger partial charge on any atom is 0.408 e. The number of amides is 3. The Labute approximate surface area is 233 Å². The zero-order chi connectivity index (χ0) is 29.3. The van der Waals surface area contributed by atoms with Gasteiger partial charge in [0.2, 0.25) is 11.8 Å². The smallest absolute Gasteiger partial charge is 0.408 e. The quantitative estimate of drug-likeness (QED) is 0.367. The van der Waals surface area contributed by atoms with E-state index in [1.807, 2.05) is 45.9 Å². The largest absolute Gasteiger partial charge is 0.466 e. The van der Waals surface area contributed by atoms with Gasteiger partial charge in [0.1, 0.15) is 17.7 Å². The molecule has 1 aromatic rings. The highest BCUT2D eigenvalue weighted by molar-refractivity contribution is 5.93. The molecule has 1 fully saturated rings. The van der Waals surface area contributed by atoms with E-state index in [1.165, 1.54) is 0 Å². The second kappa shape index (κ2) is 14.3. The number of esters is 1. The van der Waals surface area contributed by atoms with E-state index in [1.54, 1.807) is 32.6 Å². The molecule has 218 valence electrons. The highest BCUT2D eigenvalue weighted by Gasteiger charge is 2.42. The second-order valence-corrected chi connectivity index (χ2v) is 11.7. The van der Waals surface area contributed by atoms with Crippen LogP contribution >= 0.6 is 0 Å². The van der Waals surface area contributed by atoms with Crippen LogP contribution in [0.1, 0.15) is 96.4 Å². The second-order valence-electron chi connectivity index (χ2n) is 11.7. The predicted molar refractivity (Wildman–Crippen MR) is 150 cm³/mol. The van der Waals surface area contributed by atoms with Crippen molar-refractivity contribution in [2.24, 2.45) is 5.92 Å². The molecule has 0 heterocycles. The van der Waals surface area contributed by atoms with Crippen molar-refractivity contribution >= 4 is 23.9 Å². The average Bonchev–Trinajstić information content (AvgIpc) is 2.77. The minimum atomic E-state index is -0.917. The molecule has 2 unspecified atom stereocenters. The molecule has 2 N–H and O–H groups in total. The van der Waals surface area contributed by atoms with E-state index >= 15 is 0 Å². The van der Waals surface area contributed by atoms with E-state index in [0.717, 1.165) is 36.0 Å². The fourth-order valence-corrected chi connectivity index (χ4v) is 4.61. The minimum absolute atomic E-state index is 0.0344. The number of nitrogens with one attached hydrogen (secondary N) is 2. The molecular formula is C30H47N3O6. The Balaban J connectivity index is 2.48. The van der Waals surface area contributed by atoms with Crippen LogP contribution in [0, 0.1) is 19.8 Å². The van der Waals surface area contributed by atoms with Gasteiger partial charge in [0, 0.05) is 12.6 Å². The number of aryl methyl sites for hydroxylation is 1. The molecule has 9 nitrogen and oxygen atoms in total. The van der Waals surface area contributed by atoms with Gasteiger partial charge in [-0.05, 0) is 89.8 Å². The lowest BCUT2D eigenvalue weighted by atomic mass is 9.86. The van der Waals surface area contributed by atoms with E-state index in [2.05, 4.69) is 10.6 Å². The highest BCUT2D eigenvalue weighted by Crippen LogP contribution is 2.35. The Morgan fingerprint density at radius 1 is 1.10 bits per heavy atom. The number of carbonyl (C=O) groups is 4. The van der Waals surface area contributed by atoms with Crippen LogP contribution in [0.5, 0.6) is 0 Å². The van der Waals surface area contributed by atoms with Crippen molar-refractivity contribution in [1.82, 2.24) is 15.5 Å². The fourth-order valence-electron chi connectivity index (χ4n) is 4.61. The molecule has 0 spiro atoms. The summed E-state index contributed by atoms with van der Waals surface area (Å²) in [4.78, 5) is 54.4. The van der Waals surface area contributed by atoms with Gasteiger partial charge >= 0.3 is 12.1 Å². The summed E-state index contributed by atoms with van der Waals surface area (Å²) < 4.78 is 10.4. The van der Waals surface area contributed by atoms with Crippen LogP contribution < -0.4 is 10.6 Å². The fraction of sp³-hybridized carbons (Fsp3) is 0.667. The number of rotatable bonds is 12. The number of carbonyl (C=O) groups excluding carboxylic acids is 4. The van der Waals surface area contributed by atoms with E-state index < -0.39 is 29.7 Å². The van der Waals surface area contributed by atoms with Gasteiger partial charge in [0.25, 0.3) is 0 Å². The van der Waals surface area contributed by atoms with Gasteiger partial charge < -0.3 is 25.0 Å². The monoisotopic (exact) mass is 545 g/mol. The lowest BCUT2D eigenvalue weighted by Gasteiger charge is -2.44. The Morgan fingerprint density at radius 3 is 2.31 bits per heavy atom. The lowest BCUT2D eigenvalue weighted by Crippen LogP contribution is -2.58. The first kappa shape index (κ1) is 32.1. The first-order chi connectivity index (χ1) is 18.2. The Hall–Kier alpha value is -3.10. The summed E-state index contributed by atoms with van der Waals surface area (Å²) >= 11 is 0. The van der Waals surface area contributed by atoms with Crippen LogP contribution in [0.25, 0.3) is 0 Å². The third-order valence-corrected chi connectivity index (χ3v) is 6.82. The number of hydrogen-bond acceptors (Lipinski definition) is 6. The molecule has 2 atom stereocenters. The maximum atomic E-state index is 14.3. The summed E-state index contributed by atoms with van der Waals surface area (Å²) in [5.74, 6) is -0.972. The first-order valence-electron chi connectivity index (χ1n) is 14.1. The van der Waals surface area contributed by atoms with Crippen LogP contribution in [0.15, 0.2) is 18.2 Å². The molecule has 1 aliphatic carbocycles. The molecule has 9 heteroatoms. The third-order valence-electron chi connectivity index (χ3n) is 6.82. The van der Waals surface area contributed by atoms with Crippen molar-refractivity contribution in [1.29, 1.82) is 0 Å². The summed E-state index contributed by atoms with van der Waals surface area (Å²) in [5.41, 5.74) is 1.93. The first-order valence-corrected chi connectivity index (χ1v) is 14.1. The van der Waals surface area contributed by atoms with Crippen molar-refractivity contribution in [2.45, 2.75) is 111 Å². The zero-order valence-electron chi connectivity index (χ0n) is 24.9. The summed E-state index contributed by atoms with van der Waals surface area (Å²) in [6.45, 7) is 15.3. The van der Waals surface area contributed by atoms with Gasteiger partial charge in [-0.2, -0.15) is 0 Å². The van der Waals surface area contributed by atoms with E-state index in [4.69, 9.17) is 9.47 Å². The number of ether oxygens (including phenoxy) is 2. The Kier molecular flexibility index (Phi) is 11.8. The molecule has 1 aromatic carbocycles. The summed E-state index contributed by atoms with van der Waals surface area (Å²) in [6, 6.07) is 3.80. The average molecular weight is 546 g/mol. The molecule has 0 bridgehead atoms. The van der Waals surface area contributed by atoms with Gasteiger partial charge in [0.05, 0.1) is 13.0 Å². The van der Waals surface area contributed by atoms with Gasteiger partial charge in [0.15, 0.2) is 0 Å². The summed E-state index contributed by atoms with van der Waals surface area (Å²) in [6.07, 6.45) is 2.25. The molecule has 0 saturated heterocycles. The van der Waals surface area contributed by atoms with Crippen LogP contribution in [0.4, 0.5) is 4.79 Å². The molecule has 0 aliphatic heterocycles. The SMILES string of the molecule is CCOC(=O)CCNC(=O)C(c1cccc(C)c1C)N(C(=O)C(CC(C)C)NC(=O)OC(C)(C)C)C1CCC1. The molecule has 39 heavy (non-hydrogen) atoms. The van der Waals surface area contributed by atoms with Gasteiger partial charge in [-0.15, -0.1) is 0 Å². The Morgan fingerprint density at radius 2 is 1.77 bits per heavy atom. The topological polar surface area (TPSA) is 114 Å². The summed E-state index contributed by atoms with van der Waals surface area (Å²) in [5, 5.41) is 5.65. The molecule has 1 saturated carbocycles. The number of benzene rings is 1. The van der Waals surface area contributed by atoms with Gasteiger partial charge in [-0.1, -0.05) is 32.0 Å². The normalized spacial score (nSPS) is 15.1. The van der Waals surface area contributed by atoms with Crippen molar-refractivity contribution in [3.8, 4) is 0 Å². The van der Waals surface area contributed by atoms with Crippen molar-refractivity contribution < 1.29 is 28.7 Å². The van der Waals surface area contributed by atoms with Crippen LogP contribution in [-0.2, 0) is 23.9 Å². The molecule has 0 aromatic heterocycles. The third kappa shape index (κ3) is 9.55. The van der Waals surface area contributed by atoms with Gasteiger partial charge in [-0.25, -0.2) is 4.79 Å². The zero-order valence-corrected chi connectivity index (χ0v) is 24.9. The van der Waals surface area contributed by atoms with E-state index in [9.17, 15) is 19.2 Å². The van der Waals surface area contributed by atoms with Crippen molar-refractivity contribution in [3.05, 3.63) is 34.9 Å². The highest BCUT2D eigenvalue weighted by atomic mass is 16.6. The Bertz CT molecular complexity index is 1010. The van der Waals surface area contributed by atoms with Crippen LogP contribution in [-0.4, -0.2) is 59.6 Å². The van der Waals surface area contributed by atoms with Crippen molar-refractivity contribution in [3.63, 3.8) is 0 Å². The van der Waals surface area contributed by atoms with Crippen LogP contribution in [0.3, 0.4) is 0 Å². The minimum Gasteiger partial charge on any atom is -0.466 e. The lowest BCUT2D eigenvalue weighted by molar-refractivity contribution is -0.148. The van der Waals surface area contributed by atoms with Crippen molar-refractivity contribution in [2.75, 3.05) is 13.2 Å². The molecule has 2 rings (SSSR count). The predicted octanol–water partition coefficient (Wildman–Crippen LogP) is 4.73. The van der Waals surface area contributed by atoms with E-state index in [0.29, 0.717) is 6.42 Å². The maximum absolute atomic E-state index is 14.3. The molecule has 1 aliphatic rings. The number of nitrogens with zero attached hydrogens (tertiary/aromatic N) is 1. The standard InChI is InChI=1S/C30H47N3O6/c1-9-38-25(34)16-17-31-27(35)26(23-15-10-12-20(4)21(23)5)33(22-13-11-14-22)28(36)24(18-19(2)3)32-29(37)39-30(6,7)8/h10,12,15,19,22,24,26H,9,11,13-14,16-18H2,1-8H3,(H,31,35)(H,32,37).